The van der Waals surface area contributed by atoms with E-state index in [2.05, 4.69) is 0 Å². The topological polar surface area (TPSA) is 40.5 Å². The Morgan fingerprint density at radius 1 is 1.75 bits per heavy atom. The molecule has 1 fully saturated rings. The number of aliphatic hydroxyl groups excluding tert-OH is 1. The van der Waals surface area contributed by atoms with Gasteiger partial charge in [0.25, 0.3) is 5.92 Å². The van der Waals surface area contributed by atoms with Gasteiger partial charge in [-0.2, -0.15) is 0 Å². The van der Waals surface area contributed by atoms with Crippen molar-refractivity contribution >= 4 is 5.91 Å². The molecule has 5 heteroatoms. The van der Waals surface area contributed by atoms with Crippen LogP contribution in [-0.2, 0) is 4.79 Å². The Kier molecular flexibility index (Phi) is 2.32. The molecule has 1 rings (SSSR count). The third kappa shape index (κ3) is 1.72. The SMILES string of the molecule is CC(=O)N1CC(F)(F)CC1CO. The minimum atomic E-state index is -2.83. The number of rotatable bonds is 1. The van der Waals surface area contributed by atoms with Crippen molar-refractivity contribution in [3.8, 4) is 0 Å². The number of halogens is 2. The monoisotopic (exact) mass is 179 g/mol. The summed E-state index contributed by atoms with van der Waals surface area (Å²) in [7, 11) is 0. The standard InChI is InChI=1S/C7H11F2NO2/c1-5(12)10-4-7(8,9)2-6(10)3-11/h6,11H,2-4H2,1H3. The van der Waals surface area contributed by atoms with Crippen molar-refractivity contribution in [3.05, 3.63) is 0 Å². The van der Waals surface area contributed by atoms with Crippen LogP contribution in [-0.4, -0.2) is 41.0 Å². The molecule has 0 aromatic rings. The van der Waals surface area contributed by atoms with Crippen LogP contribution >= 0.6 is 0 Å². The zero-order valence-corrected chi connectivity index (χ0v) is 6.76. The van der Waals surface area contributed by atoms with Crippen molar-refractivity contribution in [3.63, 3.8) is 0 Å². The zero-order chi connectivity index (χ0) is 9.35. The molecule has 12 heavy (non-hydrogen) atoms. The first-order valence-corrected chi connectivity index (χ1v) is 3.72. The fourth-order valence-electron chi connectivity index (χ4n) is 1.43. The highest BCUT2D eigenvalue weighted by molar-refractivity contribution is 5.74. The van der Waals surface area contributed by atoms with Crippen LogP contribution < -0.4 is 0 Å². The molecule has 70 valence electrons. The van der Waals surface area contributed by atoms with Crippen molar-refractivity contribution in [1.29, 1.82) is 0 Å². The lowest BCUT2D eigenvalue weighted by atomic mass is 10.2. The summed E-state index contributed by atoms with van der Waals surface area (Å²) < 4.78 is 25.4. The molecule has 1 aliphatic heterocycles. The van der Waals surface area contributed by atoms with Gasteiger partial charge in [0.05, 0.1) is 19.2 Å². The molecule has 1 saturated heterocycles. The first-order chi connectivity index (χ1) is 5.46. The Labute approximate surface area is 69.0 Å². The van der Waals surface area contributed by atoms with Gasteiger partial charge < -0.3 is 10.0 Å². The van der Waals surface area contributed by atoms with E-state index >= 15 is 0 Å². The van der Waals surface area contributed by atoms with Crippen LogP contribution in [0.25, 0.3) is 0 Å². The van der Waals surface area contributed by atoms with Crippen molar-refractivity contribution in [1.82, 2.24) is 4.90 Å². The minimum Gasteiger partial charge on any atom is -0.394 e. The largest absolute Gasteiger partial charge is 0.394 e. The zero-order valence-electron chi connectivity index (χ0n) is 6.76. The third-order valence-electron chi connectivity index (χ3n) is 1.99. The lowest BCUT2D eigenvalue weighted by Gasteiger charge is -2.19. The summed E-state index contributed by atoms with van der Waals surface area (Å²) in [6.45, 7) is 0.271. The number of hydrogen-bond donors (Lipinski definition) is 1. The summed E-state index contributed by atoms with van der Waals surface area (Å²) in [5, 5.41) is 8.69. The number of likely N-dealkylation sites (tertiary alicyclic amines) is 1. The molecular weight excluding hydrogens is 168 g/mol. The van der Waals surface area contributed by atoms with Gasteiger partial charge in [0.2, 0.25) is 5.91 Å². The van der Waals surface area contributed by atoms with Crippen molar-refractivity contribution < 1.29 is 18.7 Å². The molecule has 1 aliphatic rings. The van der Waals surface area contributed by atoms with E-state index in [1.54, 1.807) is 0 Å². The van der Waals surface area contributed by atoms with Crippen LogP contribution in [0.5, 0.6) is 0 Å². The lowest BCUT2D eigenvalue weighted by molar-refractivity contribution is -0.131. The molecule has 0 spiro atoms. The number of nitrogens with zero attached hydrogens (tertiary/aromatic N) is 1. The van der Waals surface area contributed by atoms with Crippen LogP contribution in [0.1, 0.15) is 13.3 Å². The second kappa shape index (κ2) is 2.97. The van der Waals surface area contributed by atoms with Crippen molar-refractivity contribution in [2.75, 3.05) is 13.2 Å². The van der Waals surface area contributed by atoms with E-state index in [-0.39, 0.29) is 0 Å². The van der Waals surface area contributed by atoms with E-state index in [4.69, 9.17) is 5.11 Å². The fraction of sp³-hybridized carbons (Fsp3) is 0.857. The maximum atomic E-state index is 12.7. The van der Waals surface area contributed by atoms with E-state index in [0.29, 0.717) is 0 Å². The summed E-state index contributed by atoms with van der Waals surface area (Å²) in [6.07, 6.45) is -0.428. The Hall–Kier alpha value is -0.710. The predicted octanol–water partition coefficient (Wildman–Crippen LogP) is 0.235. The number of carbonyl (C=O) groups excluding carboxylic acids is 1. The Morgan fingerprint density at radius 2 is 2.33 bits per heavy atom. The highest BCUT2D eigenvalue weighted by Crippen LogP contribution is 2.31. The number of aliphatic hydroxyl groups is 1. The predicted molar refractivity (Wildman–Crippen MR) is 37.8 cm³/mol. The van der Waals surface area contributed by atoms with E-state index < -0.39 is 37.4 Å². The van der Waals surface area contributed by atoms with Crippen molar-refractivity contribution in [2.24, 2.45) is 0 Å². The van der Waals surface area contributed by atoms with Gasteiger partial charge in [-0.15, -0.1) is 0 Å². The third-order valence-corrected chi connectivity index (χ3v) is 1.99. The molecule has 1 heterocycles. The van der Waals surface area contributed by atoms with Gasteiger partial charge in [-0.1, -0.05) is 0 Å². The summed E-state index contributed by atoms with van der Waals surface area (Å²) >= 11 is 0. The molecule has 0 aromatic heterocycles. The summed E-state index contributed by atoms with van der Waals surface area (Å²) in [5.41, 5.74) is 0. The smallest absolute Gasteiger partial charge is 0.267 e. The molecule has 1 amide bonds. The summed E-state index contributed by atoms with van der Waals surface area (Å²) in [5.74, 6) is -3.25. The molecule has 1 atom stereocenters. The van der Waals surface area contributed by atoms with Crippen LogP contribution in [0, 0.1) is 0 Å². The molecule has 3 nitrogen and oxygen atoms in total. The molecule has 0 bridgehead atoms. The highest BCUT2D eigenvalue weighted by atomic mass is 19.3. The molecule has 0 saturated carbocycles. The van der Waals surface area contributed by atoms with Gasteiger partial charge >= 0.3 is 0 Å². The first-order valence-electron chi connectivity index (χ1n) is 3.72. The molecule has 1 unspecified atom stereocenters. The Bertz CT molecular complexity index is 196. The molecule has 0 radical (unpaired) electrons. The van der Waals surface area contributed by atoms with Gasteiger partial charge in [-0.3, -0.25) is 4.79 Å². The number of amides is 1. The molecule has 1 N–H and O–H groups in total. The van der Waals surface area contributed by atoms with Gasteiger partial charge in [0.15, 0.2) is 0 Å². The van der Waals surface area contributed by atoms with Gasteiger partial charge in [0.1, 0.15) is 0 Å². The lowest BCUT2D eigenvalue weighted by Crippen LogP contribution is -2.36. The van der Waals surface area contributed by atoms with Crippen LogP contribution in [0.3, 0.4) is 0 Å². The van der Waals surface area contributed by atoms with Crippen molar-refractivity contribution in [2.45, 2.75) is 25.3 Å². The second-order valence-electron chi connectivity index (χ2n) is 3.04. The van der Waals surface area contributed by atoms with Gasteiger partial charge in [-0.25, -0.2) is 8.78 Å². The maximum absolute atomic E-state index is 12.7. The second-order valence-corrected chi connectivity index (χ2v) is 3.04. The quantitative estimate of drug-likeness (QED) is 0.626. The van der Waals surface area contributed by atoms with E-state index in [0.717, 1.165) is 4.90 Å². The maximum Gasteiger partial charge on any atom is 0.267 e. The normalized spacial score (nSPS) is 27.7. The average Bonchev–Trinajstić information content (AvgIpc) is 2.25. The number of alkyl halides is 2. The van der Waals surface area contributed by atoms with Crippen LogP contribution in [0.15, 0.2) is 0 Å². The molecule has 0 aromatic carbocycles. The fourth-order valence-corrected chi connectivity index (χ4v) is 1.43. The van der Waals surface area contributed by atoms with Gasteiger partial charge in [-0.05, 0) is 0 Å². The van der Waals surface area contributed by atoms with E-state index in [1.807, 2.05) is 0 Å². The summed E-state index contributed by atoms with van der Waals surface area (Å²) in [6, 6.07) is -0.711. The van der Waals surface area contributed by atoms with Gasteiger partial charge in [0, 0.05) is 13.3 Å². The number of hydrogen-bond acceptors (Lipinski definition) is 2. The minimum absolute atomic E-state index is 0.394. The average molecular weight is 179 g/mol. The first kappa shape index (κ1) is 9.38. The van der Waals surface area contributed by atoms with E-state index in [9.17, 15) is 13.6 Å². The molecular formula is C7H11F2NO2. The number of carbonyl (C=O) groups is 1. The van der Waals surface area contributed by atoms with Crippen LogP contribution in [0.2, 0.25) is 0 Å². The summed E-state index contributed by atoms with van der Waals surface area (Å²) in [4.78, 5) is 11.8. The molecule has 0 aliphatic carbocycles. The van der Waals surface area contributed by atoms with E-state index in [1.165, 1.54) is 6.92 Å². The van der Waals surface area contributed by atoms with Crippen LogP contribution in [0.4, 0.5) is 8.78 Å². The highest BCUT2D eigenvalue weighted by Gasteiger charge is 2.45. The Morgan fingerprint density at radius 3 is 2.67 bits per heavy atom. The Balaban J connectivity index is 2.69.